The molecule has 4 rings (SSSR count). The summed E-state index contributed by atoms with van der Waals surface area (Å²) in [6.45, 7) is 3.76. The van der Waals surface area contributed by atoms with E-state index in [-0.39, 0.29) is 11.4 Å². The summed E-state index contributed by atoms with van der Waals surface area (Å²) >= 11 is 2.23. The van der Waals surface area contributed by atoms with Gasteiger partial charge < -0.3 is 9.84 Å². The summed E-state index contributed by atoms with van der Waals surface area (Å²) in [5.74, 6) is 2.21. The Balaban J connectivity index is 1.63. The summed E-state index contributed by atoms with van der Waals surface area (Å²) < 4.78 is 7.27. The van der Waals surface area contributed by atoms with Crippen molar-refractivity contribution in [1.29, 1.82) is 0 Å². The molecule has 0 heterocycles. The van der Waals surface area contributed by atoms with Crippen molar-refractivity contribution in [2.24, 2.45) is 17.3 Å². The Morgan fingerprint density at radius 2 is 2.12 bits per heavy atom. The molecule has 140 valence electrons. The lowest BCUT2D eigenvalue weighted by Gasteiger charge is -2.52. The first kappa shape index (κ1) is 18.5. The normalized spacial score (nSPS) is 38.5. The zero-order valence-electron chi connectivity index (χ0n) is 15.5. The van der Waals surface area contributed by atoms with Gasteiger partial charge in [0.05, 0.1) is 5.60 Å². The van der Waals surface area contributed by atoms with Crippen LogP contribution in [-0.4, -0.2) is 16.7 Å². The van der Waals surface area contributed by atoms with Crippen LogP contribution in [0.5, 0.6) is 5.75 Å². The van der Waals surface area contributed by atoms with Gasteiger partial charge in [0, 0.05) is 12.3 Å². The van der Waals surface area contributed by atoms with Crippen LogP contribution in [0.1, 0.15) is 63.0 Å². The van der Waals surface area contributed by atoms with Gasteiger partial charge in [0.15, 0.2) is 0 Å². The summed E-state index contributed by atoms with van der Waals surface area (Å²) in [4.78, 5) is 11.2. The highest BCUT2D eigenvalue weighted by atomic mass is 127. The minimum absolute atomic E-state index is 0.00891. The molecule has 0 amide bonds. The van der Waals surface area contributed by atoms with Crippen LogP contribution in [0.2, 0.25) is 0 Å². The minimum atomic E-state index is -0.650. The van der Waals surface area contributed by atoms with Crippen LogP contribution in [-0.2, 0) is 11.2 Å². The molecular formula is C22H27IO3. The summed E-state index contributed by atoms with van der Waals surface area (Å²) in [5.41, 5.74) is 2.13. The zero-order valence-corrected chi connectivity index (χ0v) is 17.7. The Morgan fingerprint density at radius 3 is 2.85 bits per heavy atom. The molecule has 3 nitrogen and oxygen atoms in total. The predicted octanol–water partition coefficient (Wildman–Crippen LogP) is 5.15. The number of fused-ring (bicyclic) bond motifs is 5. The number of halogens is 1. The smallest absolute Gasteiger partial charge is 0.308 e. The molecule has 0 spiro atoms. The molecule has 1 aromatic rings. The van der Waals surface area contributed by atoms with Gasteiger partial charge in [0.1, 0.15) is 5.75 Å². The molecule has 2 saturated carbocycles. The van der Waals surface area contributed by atoms with Crippen LogP contribution in [0.15, 0.2) is 28.4 Å². The van der Waals surface area contributed by atoms with Crippen LogP contribution in [0.25, 0.3) is 0 Å². The third-order valence-electron chi connectivity index (χ3n) is 7.51. The average Bonchev–Trinajstić information content (AvgIpc) is 2.85. The van der Waals surface area contributed by atoms with Gasteiger partial charge in [0.25, 0.3) is 0 Å². The molecule has 0 radical (unpaired) electrons. The predicted molar refractivity (Wildman–Crippen MR) is 110 cm³/mol. The number of carbonyl (C=O) groups is 1. The van der Waals surface area contributed by atoms with Gasteiger partial charge in [0.2, 0.25) is 0 Å². The van der Waals surface area contributed by atoms with Crippen molar-refractivity contribution < 1.29 is 14.6 Å². The summed E-state index contributed by atoms with van der Waals surface area (Å²) in [6.07, 6.45) is 8.46. The number of rotatable bonds is 2. The summed E-state index contributed by atoms with van der Waals surface area (Å²) in [7, 11) is 0. The second-order valence-corrected chi connectivity index (χ2v) is 9.30. The lowest BCUT2D eigenvalue weighted by molar-refractivity contribution is -0.131. The largest absolute Gasteiger partial charge is 0.427 e. The number of hydrogen-bond donors (Lipinski definition) is 1. The Kier molecular flexibility index (Phi) is 4.71. The maximum absolute atomic E-state index is 11.3. The molecule has 1 aromatic carbocycles. The minimum Gasteiger partial charge on any atom is -0.427 e. The molecule has 0 unspecified atom stereocenters. The molecule has 0 aromatic heterocycles. The number of hydrogen-bond acceptors (Lipinski definition) is 3. The first-order valence-electron chi connectivity index (χ1n) is 9.69. The van der Waals surface area contributed by atoms with E-state index < -0.39 is 5.60 Å². The number of aliphatic hydroxyl groups is 1. The van der Waals surface area contributed by atoms with E-state index in [0.29, 0.717) is 23.5 Å². The number of carbonyl (C=O) groups excluding carboxylic acids is 1. The maximum atomic E-state index is 11.3. The third-order valence-corrected chi connectivity index (χ3v) is 7.87. The van der Waals surface area contributed by atoms with Crippen molar-refractivity contribution in [2.45, 2.75) is 63.9 Å². The van der Waals surface area contributed by atoms with Gasteiger partial charge >= 0.3 is 5.97 Å². The van der Waals surface area contributed by atoms with Gasteiger partial charge in [-0.05, 0) is 89.7 Å². The number of aryl methyl sites for hydroxylation is 1. The van der Waals surface area contributed by atoms with E-state index in [2.05, 4.69) is 41.6 Å². The van der Waals surface area contributed by atoms with Crippen molar-refractivity contribution in [2.75, 3.05) is 0 Å². The van der Waals surface area contributed by atoms with Gasteiger partial charge in [-0.15, -0.1) is 0 Å². The lowest BCUT2D eigenvalue weighted by Crippen LogP contribution is -2.49. The first-order valence-corrected chi connectivity index (χ1v) is 10.9. The highest BCUT2D eigenvalue weighted by molar-refractivity contribution is 14.1. The monoisotopic (exact) mass is 466 g/mol. The van der Waals surface area contributed by atoms with Crippen LogP contribution < -0.4 is 4.74 Å². The Bertz CT molecular complexity index is 758. The van der Waals surface area contributed by atoms with Gasteiger partial charge in [-0.1, -0.05) is 35.6 Å². The fourth-order valence-electron chi connectivity index (χ4n) is 6.22. The Labute approximate surface area is 169 Å². The van der Waals surface area contributed by atoms with E-state index >= 15 is 0 Å². The second-order valence-electron chi connectivity index (χ2n) is 8.58. The van der Waals surface area contributed by atoms with Crippen molar-refractivity contribution in [3.8, 4) is 5.75 Å². The van der Waals surface area contributed by atoms with Crippen LogP contribution in [0.4, 0.5) is 0 Å². The van der Waals surface area contributed by atoms with Crippen molar-refractivity contribution in [3.63, 3.8) is 0 Å². The van der Waals surface area contributed by atoms with Gasteiger partial charge in [-0.3, -0.25) is 4.79 Å². The van der Waals surface area contributed by atoms with Crippen molar-refractivity contribution in [3.05, 3.63) is 39.5 Å². The van der Waals surface area contributed by atoms with E-state index in [1.165, 1.54) is 24.5 Å². The van der Waals surface area contributed by atoms with Crippen LogP contribution >= 0.6 is 22.6 Å². The summed E-state index contributed by atoms with van der Waals surface area (Å²) in [6, 6.07) is 6.18. The Morgan fingerprint density at radius 1 is 1.31 bits per heavy atom. The third kappa shape index (κ3) is 2.75. The van der Waals surface area contributed by atoms with E-state index in [0.717, 1.165) is 32.1 Å². The standard InChI is InChI=1S/C22H27IO3/c1-14(24)26-16-4-6-17-15(13-16)3-5-19-18(17)7-9-21(2)20(19)8-10-22(21,25)11-12-23/h4,6,11-13,18-20,25H,3,5,7-10H2,1-2H3/b12-11-/t18-,19-,20+,21+,22-/m1/s1. The molecule has 1 N–H and O–H groups in total. The highest BCUT2D eigenvalue weighted by Crippen LogP contribution is 2.64. The highest BCUT2D eigenvalue weighted by Gasteiger charge is 2.60. The molecule has 2 fully saturated rings. The zero-order chi connectivity index (χ0) is 18.5. The quantitative estimate of drug-likeness (QED) is 0.373. The molecular weight excluding hydrogens is 439 g/mol. The van der Waals surface area contributed by atoms with Crippen molar-refractivity contribution in [1.82, 2.24) is 0 Å². The lowest BCUT2D eigenvalue weighted by atomic mass is 9.53. The van der Waals surface area contributed by atoms with E-state index in [4.69, 9.17) is 4.74 Å². The average molecular weight is 466 g/mol. The fourth-order valence-corrected chi connectivity index (χ4v) is 6.81. The molecule has 26 heavy (non-hydrogen) atoms. The number of benzene rings is 1. The van der Waals surface area contributed by atoms with E-state index in [1.807, 2.05) is 16.2 Å². The second kappa shape index (κ2) is 6.62. The summed E-state index contributed by atoms with van der Waals surface area (Å²) in [5, 5.41) is 11.3. The topological polar surface area (TPSA) is 46.5 Å². The molecule has 3 aliphatic carbocycles. The molecule has 3 aliphatic rings. The van der Waals surface area contributed by atoms with Gasteiger partial charge in [-0.2, -0.15) is 0 Å². The molecule has 4 heteroatoms. The Hall–Kier alpha value is -0.880. The molecule has 0 bridgehead atoms. The SMILES string of the molecule is CC(=O)Oc1ccc2c(c1)CC[C@@H]1[C@@H]2CC[C@@]2(C)[C@H]1CC[C@@]2(O)/C=C\I. The number of esters is 1. The first-order chi connectivity index (χ1) is 12.4. The molecule has 0 aliphatic heterocycles. The van der Waals surface area contributed by atoms with E-state index in [1.54, 1.807) is 0 Å². The molecule has 0 saturated heterocycles. The maximum Gasteiger partial charge on any atom is 0.308 e. The van der Waals surface area contributed by atoms with Crippen LogP contribution in [0.3, 0.4) is 0 Å². The van der Waals surface area contributed by atoms with Crippen molar-refractivity contribution >= 4 is 28.6 Å². The van der Waals surface area contributed by atoms with Crippen LogP contribution in [0, 0.1) is 17.3 Å². The van der Waals surface area contributed by atoms with E-state index in [9.17, 15) is 9.90 Å². The fraction of sp³-hybridized carbons (Fsp3) is 0.591. The van der Waals surface area contributed by atoms with Gasteiger partial charge in [-0.25, -0.2) is 0 Å². The molecule has 5 atom stereocenters. The number of ether oxygens (including phenoxy) is 1.